The summed E-state index contributed by atoms with van der Waals surface area (Å²) in [5.41, 5.74) is 0.483. The van der Waals surface area contributed by atoms with Crippen molar-refractivity contribution in [1.82, 2.24) is 9.80 Å². The Kier molecular flexibility index (Phi) is 6.63. The van der Waals surface area contributed by atoms with Gasteiger partial charge in [0, 0.05) is 39.1 Å². The lowest BCUT2D eigenvalue weighted by atomic mass is 9.78. The van der Waals surface area contributed by atoms with Gasteiger partial charge in [-0.1, -0.05) is 12.1 Å². The van der Waals surface area contributed by atoms with E-state index in [4.69, 9.17) is 14.2 Å². The van der Waals surface area contributed by atoms with Crippen molar-refractivity contribution in [3.05, 3.63) is 29.8 Å². The van der Waals surface area contributed by atoms with E-state index in [1.54, 1.807) is 4.90 Å². The largest absolute Gasteiger partial charge is 0.484 e. The van der Waals surface area contributed by atoms with Gasteiger partial charge in [0.25, 0.3) is 5.91 Å². The number of hydrogen-bond acceptors (Lipinski definition) is 6. The molecule has 3 saturated heterocycles. The molecule has 0 aromatic heterocycles. The zero-order valence-electron chi connectivity index (χ0n) is 18.0. The van der Waals surface area contributed by atoms with Crippen molar-refractivity contribution >= 4 is 5.91 Å². The second kappa shape index (κ2) is 9.22. The van der Waals surface area contributed by atoms with Crippen molar-refractivity contribution in [1.29, 1.82) is 0 Å². The number of rotatable bonds is 5. The van der Waals surface area contributed by atoms with E-state index in [1.165, 1.54) is 5.56 Å². The Morgan fingerprint density at radius 1 is 1.07 bits per heavy atom. The maximum absolute atomic E-state index is 12.2. The van der Waals surface area contributed by atoms with Crippen molar-refractivity contribution in [2.24, 2.45) is 0 Å². The number of ether oxygens (including phenoxy) is 3. The molecule has 3 fully saturated rings. The average Bonchev–Trinajstić information content (AvgIpc) is 2.75. The minimum Gasteiger partial charge on any atom is -0.484 e. The standard InChI is InChI=1S/C23H34N2O5/c1-22(27)8-13-30-23(18-22)6-9-24(10-7-23)16-19-2-4-20(5-3-19)29-17-21(26)25-11-14-28-15-12-25/h2-5,27H,6-18H2,1H3. The quantitative estimate of drug-likeness (QED) is 0.787. The molecule has 1 atom stereocenters. The summed E-state index contributed by atoms with van der Waals surface area (Å²) in [5.74, 6) is 0.726. The van der Waals surface area contributed by atoms with Crippen LogP contribution in [0.15, 0.2) is 24.3 Å². The van der Waals surface area contributed by atoms with Crippen LogP contribution in [0.4, 0.5) is 0 Å². The second-order valence-corrected chi connectivity index (χ2v) is 9.16. The number of hydrogen-bond donors (Lipinski definition) is 1. The van der Waals surface area contributed by atoms with Gasteiger partial charge in [-0.25, -0.2) is 0 Å². The van der Waals surface area contributed by atoms with Crippen LogP contribution in [0.25, 0.3) is 0 Å². The first kappa shape index (κ1) is 21.6. The first-order chi connectivity index (χ1) is 14.4. The number of carbonyl (C=O) groups is 1. The van der Waals surface area contributed by atoms with E-state index in [-0.39, 0.29) is 18.1 Å². The van der Waals surface area contributed by atoms with Gasteiger partial charge >= 0.3 is 0 Å². The molecule has 30 heavy (non-hydrogen) atoms. The molecule has 4 rings (SSSR count). The van der Waals surface area contributed by atoms with E-state index in [2.05, 4.69) is 17.0 Å². The molecule has 3 aliphatic heterocycles. The average molecular weight is 419 g/mol. The molecule has 3 aliphatic rings. The smallest absolute Gasteiger partial charge is 0.260 e. The highest BCUT2D eigenvalue weighted by Gasteiger charge is 2.44. The zero-order valence-corrected chi connectivity index (χ0v) is 18.0. The van der Waals surface area contributed by atoms with Crippen molar-refractivity contribution in [3.63, 3.8) is 0 Å². The molecule has 1 N–H and O–H groups in total. The van der Waals surface area contributed by atoms with Crippen molar-refractivity contribution in [2.75, 3.05) is 52.6 Å². The van der Waals surface area contributed by atoms with Gasteiger partial charge in [0.2, 0.25) is 0 Å². The van der Waals surface area contributed by atoms with Crippen LogP contribution in [0, 0.1) is 0 Å². The van der Waals surface area contributed by atoms with E-state index < -0.39 is 5.60 Å². The molecule has 0 bridgehead atoms. The van der Waals surface area contributed by atoms with Gasteiger partial charge in [-0.15, -0.1) is 0 Å². The molecule has 0 aliphatic carbocycles. The summed E-state index contributed by atoms with van der Waals surface area (Å²) in [5, 5.41) is 10.4. The molecule has 7 nitrogen and oxygen atoms in total. The third kappa shape index (κ3) is 5.52. The number of benzene rings is 1. The number of nitrogens with zero attached hydrogens (tertiary/aromatic N) is 2. The summed E-state index contributed by atoms with van der Waals surface area (Å²) >= 11 is 0. The minimum atomic E-state index is -0.598. The van der Waals surface area contributed by atoms with E-state index in [1.807, 2.05) is 19.1 Å². The summed E-state index contributed by atoms with van der Waals surface area (Å²) in [7, 11) is 0. The van der Waals surface area contributed by atoms with Gasteiger partial charge in [-0.2, -0.15) is 0 Å². The molecule has 0 radical (unpaired) electrons. The van der Waals surface area contributed by atoms with Gasteiger partial charge in [0.1, 0.15) is 5.75 Å². The molecule has 0 saturated carbocycles. The Bertz CT molecular complexity index is 707. The van der Waals surface area contributed by atoms with Gasteiger partial charge in [-0.05, 0) is 43.9 Å². The predicted molar refractivity (Wildman–Crippen MR) is 112 cm³/mol. The Labute approximate surface area is 178 Å². The molecular weight excluding hydrogens is 384 g/mol. The SMILES string of the molecule is CC1(O)CCOC2(CCN(Cc3ccc(OCC(=O)N4CCOCC4)cc3)CC2)C1. The zero-order chi connectivity index (χ0) is 21.0. The molecular formula is C23H34N2O5. The highest BCUT2D eigenvalue weighted by atomic mass is 16.5. The third-order valence-electron chi connectivity index (χ3n) is 6.57. The van der Waals surface area contributed by atoms with Crippen LogP contribution in [0.3, 0.4) is 0 Å². The molecule has 166 valence electrons. The number of amides is 1. The molecule has 7 heteroatoms. The van der Waals surface area contributed by atoms with Crippen LogP contribution in [0.2, 0.25) is 0 Å². The predicted octanol–water partition coefficient (Wildman–Crippen LogP) is 1.82. The normalized spacial score (nSPS) is 27.2. The maximum Gasteiger partial charge on any atom is 0.260 e. The molecule has 1 spiro atoms. The Morgan fingerprint density at radius 3 is 2.43 bits per heavy atom. The summed E-state index contributed by atoms with van der Waals surface area (Å²) in [4.78, 5) is 16.4. The summed E-state index contributed by atoms with van der Waals surface area (Å²) in [6.07, 6.45) is 3.40. The second-order valence-electron chi connectivity index (χ2n) is 9.16. The lowest BCUT2D eigenvalue weighted by Gasteiger charge is -2.48. The van der Waals surface area contributed by atoms with Crippen molar-refractivity contribution in [3.8, 4) is 5.75 Å². The number of likely N-dealkylation sites (tertiary alicyclic amines) is 1. The summed E-state index contributed by atoms with van der Waals surface area (Å²) in [6, 6.07) is 8.02. The van der Waals surface area contributed by atoms with Crippen LogP contribution in [-0.2, 0) is 20.8 Å². The fourth-order valence-electron chi connectivity index (χ4n) is 4.76. The Balaban J connectivity index is 1.22. The number of carbonyl (C=O) groups excluding carboxylic acids is 1. The van der Waals surface area contributed by atoms with Crippen molar-refractivity contribution in [2.45, 2.75) is 50.4 Å². The number of piperidine rings is 1. The number of aliphatic hydroxyl groups is 1. The van der Waals surface area contributed by atoms with E-state index in [0.717, 1.165) is 51.1 Å². The lowest BCUT2D eigenvalue weighted by molar-refractivity contribution is -0.173. The van der Waals surface area contributed by atoms with Crippen LogP contribution in [0.5, 0.6) is 5.75 Å². The molecule has 1 aromatic rings. The Morgan fingerprint density at radius 2 is 1.77 bits per heavy atom. The first-order valence-electron chi connectivity index (χ1n) is 11.1. The third-order valence-corrected chi connectivity index (χ3v) is 6.57. The van der Waals surface area contributed by atoms with Crippen LogP contribution in [0.1, 0.15) is 38.2 Å². The van der Waals surface area contributed by atoms with Crippen LogP contribution < -0.4 is 4.74 Å². The molecule has 1 unspecified atom stereocenters. The van der Waals surface area contributed by atoms with E-state index in [0.29, 0.717) is 32.9 Å². The van der Waals surface area contributed by atoms with Crippen LogP contribution in [-0.4, -0.2) is 84.6 Å². The monoisotopic (exact) mass is 418 g/mol. The summed E-state index contributed by atoms with van der Waals surface area (Å²) < 4.78 is 17.1. The van der Waals surface area contributed by atoms with E-state index >= 15 is 0 Å². The molecule has 3 heterocycles. The topological polar surface area (TPSA) is 71.5 Å². The van der Waals surface area contributed by atoms with E-state index in [9.17, 15) is 9.90 Å². The first-order valence-corrected chi connectivity index (χ1v) is 11.1. The molecule has 1 aromatic carbocycles. The fourth-order valence-corrected chi connectivity index (χ4v) is 4.76. The highest BCUT2D eigenvalue weighted by Crippen LogP contribution is 2.39. The van der Waals surface area contributed by atoms with Gasteiger partial charge in [0.15, 0.2) is 6.61 Å². The highest BCUT2D eigenvalue weighted by molar-refractivity contribution is 5.77. The summed E-state index contributed by atoms with van der Waals surface area (Å²) in [6.45, 7) is 7.97. The number of morpholine rings is 1. The van der Waals surface area contributed by atoms with Gasteiger partial charge < -0.3 is 24.2 Å². The Hall–Kier alpha value is -1.67. The van der Waals surface area contributed by atoms with Gasteiger partial charge in [-0.3, -0.25) is 9.69 Å². The van der Waals surface area contributed by atoms with Crippen LogP contribution >= 0.6 is 0 Å². The lowest BCUT2D eigenvalue weighted by Crippen LogP contribution is -2.53. The maximum atomic E-state index is 12.2. The fraction of sp³-hybridized carbons (Fsp3) is 0.696. The minimum absolute atomic E-state index is 0.00790. The van der Waals surface area contributed by atoms with Crippen molar-refractivity contribution < 1.29 is 24.1 Å². The van der Waals surface area contributed by atoms with Gasteiger partial charge in [0.05, 0.1) is 31.0 Å². The molecule has 1 amide bonds.